The number of aliphatic carboxylic acids is 1. The van der Waals surface area contributed by atoms with Crippen LogP contribution in [0.5, 0.6) is 11.5 Å². The first-order chi connectivity index (χ1) is 16.4. The molecule has 9 nitrogen and oxygen atoms in total. The van der Waals surface area contributed by atoms with E-state index in [-0.39, 0.29) is 24.8 Å². The van der Waals surface area contributed by atoms with Gasteiger partial charge in [0.15, 0.2) is 11.5 Å². The maximum atomic E-state index is 12.0. The van der Waals surface area contributed by atoms with Gasteiger partial charge in [-0.3, -0.25) is 14.5 Å². The van der Waals surface area contributed by atoms with Gasteiger partial charge in [-0.1, -0.05) is 0 Å². The van der Waals surface area contributed by atoms with Crippen LogP contribution < -0.4 is 14.8 Å². The van der Waals surface area contributed by atoms with Crippen LogP contribution in [0.25, 0.3) is 11.3 Å². The molecule has 34 heavy (non-hydrogen) atoms. The number of carbonyl (C=O) groups excluding carboxylic acids is 1. The van der Waals surface area contributed by atoms with Gasteiger partial charge in [0.05, 0.1) is 26.3 Å². The Morgan fingerprint density at radius 1 is 1.15 bits per heavy atom. The third-order valence-electron chi connectivity index (χ3n) is 6.90. The van der Waals surface area contributed by atoms with E-state index in [9.17, 15) is 9.59 Å². The summed E-state index contributed by atoms with van der Waals surface area (Å²) < 4.78 is 10.8. The average molecular weight is 469 g/mol. The quantitative estimate of drug-likeness (QED) is 0.577. The van der Waals surface area contributed by atoms with E-state index in [4.69, 9.17) is 19.6 Å². The van der Waals surface area contributed by atoms with E-state index in [1.807, 2.05) is 25.1 Å². The van der Waals surface area contributed by atoms with E-state index in [1.165, 1.54) is 0 Å². The Bertz CT molecular complexity index is 1060. The standard InChI is InChI=1S/C25H32N4O5/c1-15-27-20(17-4-5-22(33-2)23(11-17)34-3)12-21(28-15)19-14-29-9-8-16(19)10-18(29)13-26-24(30)6-7-25(31)32/h4-5,11-12,16,18-19H,6-10,13-14H2,1-3H3,(H,26,30)(H,31,32). The Balaban J connectivity index is 1.46. The van der Waals surface area contributed by atoms with Gasteiger partial charge >= 0.3 is 5.97 Å². The van der Waals surface area contributed by atoms with Crippen LogP contribution in [-0.2, 0) is 9.59 Å². The molecule has 5 rings (SSSR count). The predicted molar refractivity (Wildman–Crippen MR) is 126 cm³/mol. The minimum absolute atomic E-state index is 0.0211. The number of rotatable bonds is 9. The van der Waals surface area contributed by atoms with Crippen molar-refractivity contribution in [1.82, 2.24) is 20.2 Å². The molecule has 0 saturated carbocycles. The van der Waals surface area contributed by atoms with Crippen molar-refractivity contribution in [3.05, 3.63) is 35.8 Å². The average Bonchev–Trinajstić information content (AvgIpc) is 2.85. The lowest BCUT2D eigenvalue weighted by Crippen LogP contribution is -2.56. The van der Waals surface area contributed by atoms with Gasteiger partial charge in [-0.15, -0.1) is 0 Å². The number of nitrogens with one attached hydrogen (secondary N) is 1. The van der Waals surface area contributed by atoms with Crippen LogP contribution in [0.2, 0.25) is 0 Å². The number of methoxy groups -OCH3 is 2. The molecule has 3 aliphatic rings. The lowest BCUT2D eigenvalue weighted by Gasteiger charge is -2.49. The van der Waals surface area contributed by atoms with Crippen molar-refractivity contribution >= 4 is 11.9 Å². The number of aromatic nitrogens is 2. The van der Waals surface area contributed by atoms with Gasteiger partial charge in [0.2, 0.25) is 5.91 Å². The molecule has 1 aromatic carbocycles. The number of piperidine rings is 3. The molecule has 2 bridgehead atoms. The van der Waals surface area contributed by atoms with Crippen LogP contribution in [0.1, 0.15) is 43.1 Å². The number of ether oxygens (including phenoxy) is 2. The summed E-state index contributed by atoms with van der Waals surface area (Å²) in [5.74, 6) is 1.72. The molecule has 3 fully saturated rings. The molecule has 4 unspecified atom stereocenters. The first kappa shape index (κ1) is 23.9. The number of carboxylic acids is 1. The molecule has 4 heterocycles. The predicted octanol–water partition coefficient (Wildman–Crippen LogP) is 2.63. The number of fused-ring (bicyclic) bond motifs is 3. The van der Waals surface area contributed by atoms with Crippen LogP contribution in [-0.4, -0.2) is 71.7 Å². The van der Waals surface area contributed by atoms with Gasteiger partial charge in [-0.25, -0.2) is 9.97 Å². The molecule has 0 radical (unpaired) electrons. The minimum atomic E-state index is -0.953. The second kappa shape index (κ2) is 10.4. The summed E-state index contributed by atoms with van der Waals surface area (Å²) >= 11 is 0. The number of hydrogen-bond donors (Lipinski definition) is 2. The Kier molecular flexibility index (Phi) is 7.31. The molecule has 9 heteroatoms. The molecular formula is C25H32N4O5. The molecule has 1 aromatic heterocycles. The van der Waals surface area contributed by atoms with Gasteiger partial charge in [0.25, 0.3) is 0 Å². The fourth-order valence-electron chi connectivity index (χ4n) is 5.15. The highest BCUT2D eigenvalue weighted by atomic mass is 16.5. The number of benzene rings is 1. The van der Waals surface area contributed by atoms with Crippen molar-refractivity contribution in [2.75, 3.05) is 33.9 Å². The van der Waals surface area contributed by atoms with E-state index in [0.717, 1.165) is 48.7 Å². The number of hydrogen-bond acceptors (Lipinski definition) is 7. The summed E-state index contributed by atoms with van der Waals surface area (Å²) in [6.07, 6.45) is 1.97. The highest BCUT2D eigenvalue weighted by Gasteiger charge is 2.41. The van der Waals surface area contributed by atoms with E-state index in [1.54, 1.807) is 14.2 Å². The van der Waals surface area contributed by atoms with Crippen molar-refractivity contribution in [2.45, 2.75) is 44.6 Å². The Hall–Kier alpha value is -3.20. The van der Waals surface area contributed by atoms with E-state index >= 15 is 0 Å². The molecule has 1 amide bonds. The molecular weight excluding hydrogens is 436 g/mol. The van der Waals surface area contributed by atoms with Crippen molar-refractivity contribution in [3.8, 4) is 22.8 Å². The number of aryl methyl sites for hydroxylation is 1. The highest BCUT2D eigenvalue weighted by molar-refractivity contribution is 5.80. The normalized spacial score (nSPS) is 23.4. The molecule has 0 aliphatic carbocycles. The summed E-state index contributed by atoms with van der Waals surface area (Å²) in [7, 11) is 3.24. The maximum absolute atomic E-state index is 12.0. The number of amides is 1. The Morgan fingerprint density at radius 2 is 1.94 bits per heavy atom. The Morgan fingerprint density at radius 3 is 2.62 bits per heavy atom. The van der Waals surface area contributed by atoms with Crippen molar-refractivity contribution < 1.29 is 24.2 Å². The molecule has 0 spiro atoms. The number of carboxylic acid groups (broad SMARTS) is 1. The topological polar surface area (TPSA) is 114 Å². The lowest BCUT2D eigenvalue weighted by atomic mass is 9.74. The second-order valence-corrected chi connectivity index (χ2v) is 9.03. The smallest absolute Gasteiger partial charge is 0.303 e. The molecule has 3 saturated heterocycles. The fourth-order valence-corrected chi connectivity index (χ4v) is 5.15. The summed E-state index contributed by atoms with van der Waals surface area (Å²) in [6, 6.07) is 8.16. The molecule has 4 atom stereocenters. The SMILES string of the molecule is COc1ccc(-c2cc(C3CN4CCC3CC4CNC(=O)CCC(=O)O)nc(C)n2)cc1OC. The Labute approximate surface area is 199 Å². The first-order valence-electron chi connectivity index (χ1n) is 11.7. The van der Waals surface area contributed by atoms with Crippen LogP contribution in [0.15, 0.2) is 24.3 Å². The van der Waals surface area contributed by atoms with Crippen molar-refractivity contribution in [2.24, 2.45) is 5.92 Å². The summed E-state index contributed by atoms with van der Waals surface area (Å²) in [5.41, 5.74) is 2.87. The van der Waals surface area contributed by atoms with Gasteiger partial charge in [0.1, 0.15) is 5.82 Å². The third-order valence-corrected chi connectivity index (χ3v) is 6.90. The van der Waals surface area contributed by atoms with E-state index in [2.05, 4.69) is 21.3 Å². The second-order valence-electron chi connectivity index (χ2n) is 9.03. The number of nitrogens with zero attached hydrogens (tertiary/aromatic N) is 3. The van der Waals surface area contributed by atoms with Crippen LogP contribution in [0, 0.1) is 12.8 Å². The first-order valence-corrected chi connectivity index (χ1v) is 11.7. The van der Waals surface area contributed by atoms with Gasteiger partial charge in [-0.2, -0.15) is 0 Å². The molecule has 3 aliphatic heterocycles. The van der Waals surface area contributed by atoms with Gasteiger partial charge in [0, 0.05) is 42.7 Å². The zero-order valence-electron chi connectivity index (χ0n) is 19.9. The summed E-state index contributed by atoms with van der Waals surface area (Å²) in [6.45, 7) is 4.37. The van der Waals surface area contributed by atoms with Crippen molar-refractivity contribution in [1.29, 1.82) is 0 Å². The number of carbonyl (C=O) groups is 2. The zero-order chi connectivity index (χ0) is 24.2. The molecule has 182 valence electrons. The monoisotopic (exact) mass is 468 g/mol. The fraction of sp³-hybridized carbons (Fsp3) is 0.520. The van der Waals surface area contributed by atoms with Crippen LogP contribution in [0.3, 0.4) is 0 Å². The summed E-state index contributed by atoms with van der Waals surface area (Å²) in [5, 5.41) is 11.7. The van der Waals surface area contributed by atoms with E-state index in [0.29, 0.717) is 29.9 Å². The minimum Gasteiger partial charge on any atom is -0.493 e. The summed E-state index contributed by atoms with van der Waals surface area (Å²) in [4.78, 5) is 34.5. The van der Waals surface area contributed by atoms with Crippen LogP contribution >= 0.6 is 0 Å². The van der Waals surface area contributed by atoms with E-state index < -0.39 is 5.97 Å². The maximum Gasteiger partial charge on any atom is 0.303 e. The van der Waals surface area contributed by atoms with Crippen LogP contribution in [0.4, 0.5) is 0 Å². The lowest BCUT2D eigenvalue weighted by molar-refractivity contribution is -0.138. The van der Waals surface area contributed by atoms with Crippen molar-refractivity contribution in [3.63, 3.8) is 0 Å². The largest absolute Gasteiger partial charge is 0.493 e. The molecule has 2 aromatic rings. The molecule has 2 N–H and O–H groups in total. The highest BCUT2D eigenvalue weighted by Crippen LogP contribution is 2.42. The third kappa shape index (κ3) is 5.30. The zero-order valence-corrected chi connectivity index (χ0v) is 19.9. The van der Waals surface area contributed by atoms with Gasteiger partial charge in [-0.05, 0) is 56.5 Å². The van der Waals surface area contributed by atoms with Gasteiger partial charge < -0.3 is 19.9 Å².